The summed E-state index contributed by atoms with van der Waals surface area (Å²) in [5.41, 5.74) is 0. The molecule has 0 bridgehead atoms. The first-order valence-electron chi connectivity index (χ1n) is 7.30. The van der Waals surface area contributed by atoms with E-state index < -0.39 is 0 Å². The topological polar surface area (TPSA) is 44.4 Å². The second-order valence-corrected chi connectivity index (χ2v) is 6.03. The molecule has 4 atom stereocenters. The van der Waals surface area contributed by atoms with E-state index in [1.807, 2.05) is 21.0 Å². The largest absolute Gasteiger partial charge is 0.347 e. The Morgan fingerprint density at radius 3 is 2.67 bits per heavy atom. The first-order chi connectivity index (χ1) is 8.59. The number of nitrogens with zero attached hydrogens (tertiary/aromatic N) is 1. The molecule has 1 aliphatic carbocycles. The van der Waals surface area contributed by atoms with E-state index in [-0.39, 0.29) is 11.9 Å². The van der Waals surface area contributed by atoms with E-state index in [2.05, 4.69) is 10.6 Å². The third kappa shape index (κ3) is 3.04. The molecule has 1 saturated carbocycles. The van der Waals surface area contributed by atoms with Gasteiger partial charge in [0, 0.05) is 26.2 Å². The van der Waals surface area contributed by atoms with Gasteiger partial charge in [-0.05, 0) is 45.1 Å². The van der Waals surface area contributed by atoms with Crippen LogP contribution in [0.4, 0.5) is 0 Å². The summed E-state index contributed by atoms with van der Waals surface area (Å²) in [6, 6.07) is 1.12. The smallest absolute Gasteiger partial charge is 0.238 e. The number of nitrogens with one attached hydrogen (secondary N) is 2. The van der Waals surface area contributed by atoms with Crippen molar-refractivity contribution in [3.05, 3.63) is 0 Å². The van der Waals surface area contributed by atoms with Gasteiger partial charge >= 0.3 is 0 Å². The average molecular weight is 253 g/mol. The molecule has 1 aliphatic heterocycles. The Morgan fingerprint density at radius 2 is 2.06 bits per heavy atom. The zero-order valence-electron chi connectivity index (χ0n) is 11.9. The van der Waals surface area contributed by atoms with E-state index in [9.17, 15) is 4.79 Å². The monoisotopic (exact) mass is 253 g/mol. The third-order valence-electron chi connectivity index (χ3n) is 4.46. The van der Waals surface area contributed by atoms with Crippen molar-refractivity contribution in [3.63, 3.8) is 0 Å². The molecule has 104 valence electrons. The van der Waals surface area contributed by atoms with E-state index in [1.165, 1.54) is 38.6 Å². The molecule has 4 nitrogen and oxygen atoms in total. The maximum Gasteiger partial charge on any atom is 0.238 e. The summed E-state index contributed by atoms with van der Waals surface area (Å²) in [5, 5.41) is 7.17. The fourth-order valence-electron chi connectivity index (χ4n) is 3.53. The van der Waals surface area contributed by atoms with E-state index in [1.54, 1.807) is 4.90 Å². The lowest BCUT2D eigenvalue weighted by Gasteiger charge is -2.29. The Morgan fingerprint density at radius 1 is 1.28 bits per heavy atom. The minimum atomic E-state index is -0.0630. The zero-order valence-corrected chi connectivity index (χ0v) is 11.9. The van der Waals surface area contributed by atoms with E-state index >= 15 is 0 Å². The lowest BCUT2D eigenvalue weighted by molar-refractivity contribution is -0.130. The van der Waals surface area contributed by atoms with Crippen LogP contribution in [-0.4, -0.2) is 49.6 Å². The summed E-state index contributed by atoms with van der Waals surface area (Å²) in [6.45, 7) is 3.15. The highest BCUT2D eigenvalue weighted by molar-refractivity contribution is 5.80. The summed E-state index contributed by atoms with van der Waals surface area (Å²) in [4.78, 5) is 13.6. The highest BCUT2D eigenvalue weighted by atomic mass is 16.2. The van der Waals surface area contributed by atoms with E-state index in [0.717, 1.165) is 0 Å². The molecule has 4 unspecified atom stereocenters. The predicted molar refractivity (Wildman–Crippen MR) is 73.4 cm³/mol. The van der Waals surface area contributed by atoms with Crippen LogP contribution in [0.1, 0.15) is 39.0 Å². The molecule has 1 heterocycles. The van der Waals surface area contributed by atoms with Crippen molar-refractivity contribution >= 4 is 5.91 Å². The number of rotatable bonds is 4. The van der Waals surface area contributed by atoms with Crippen molar-refractivity contribution in [3.8, 4) is 0 Å². The molecule has 0 spiro atoms. The number of hydrogen-bond acceptors (Lipinski definition) is 3. The Balaban J connectivity index is 1.89. The van der Waals surface area contributed by atoms with Crippen LogP contribution in [0.15, 0.2) is 0 Å². The second kappa shape index (κ2) is 6.02. The van der Waals surface area contributed by atoms with Crippen molar-refractivity contribution < 1.29 is 4.79 Å². The van der Waals surface area contributed by atoms with Gasteiger partial charge in [-0.25, -0.2) is 0 Å². The second-order valence-electron chi connectivity index (χ2n) is 6.03. The minimum Gasteiger partial charge on any atom is -0.347 e. The van der Waals surface area contributed by atoms with Crippen molar-refractivity contribution in [1.29, 1.82) is 0 Å². The standard InChI is InChI=1S/C14H27N3O/c1-10(14(18)17(2)3)16-13-7-4-6-11(13)12-8-5-9-15-12/h10-13,15-16H,4-9H2,1-3H3. The molecule has 1 saturated heterocycles. The third-order valence-corrected chi connectivity index (χ3v) is 4.46. The molecule has 4 heteroatoms. The van der Waals surface area contributed by atoms with E-state index in [4.69, 9.17) is 0 Å². The first-order valence-corrected chi connectivity index (χ1v) is 7.30. The normalized spacial score (nSPS) is 33.6. The van der Waals surface area contributed by atoms with Gasteiger partial charge in [0.15, 0.2) is 0 Å². The van der Waals surface area contributed by atoms with Gasteiger partial charge in [0.2, 0.25) is 5.91 Å². The van der Waals surface area contributed by atoms with Crippen LogP contribution >= 0.6 is 0 Å². The molecular formula is C14H27N3O. The molecule has 2 aliphatic rings. The molecule has 0 aromatic rings. The minimum absolute atomic E-state index is 0.0630. The summed E-state index contributed by atoms with van der Waals surface area (Å²) in [5.74, 6) is 0.893. The van der Waals surface area contributed by atoms with Crippen molar-refractivity contribution in [1.82, 2.24) is 15.5 Å². The summed E-state index contributed by atoms with van der Waals surface area (Å²) in [7, 11) is 3.65. The van der Waals surface area contributed by atoms with Crippen molar-refractivity contribution in [2.45, 2.75) is 57.2 Å². The quantitative estimate of drug-likeness (QED) is 0.785. The van der Waals surface area contributed by atoms with Gasteiger partial charge in [0.05, 0.1) is 6.04 Å². The molecule has 2 N–H and O–H groups in total. The summed E-state index contributed by atoms with van der Waals surface area (Å²) in [6.07, 6.45) is 6.43. The van der Waals surface area contributed by atoms with Gasteiger partial charge < -0.3 is 15.5 Å². The van der Waals surface area contributed by atoms with Crippen LogP contribution in [0.2, 0.25) is 0 Å². The van der Waals surface area contributed by atoms with Crippen LogP contribution in [-0.2, 0) is 4.79 Å². The molecule has 1 amide bonds. The van der Waals surface area contributed by atoms with Crippen LogP contribution in [0, 0.1) is 5.92 Å². The number of likely N-dealkylation sites (N-methyl/N-ethyl adjacent to an activating group) is 1. The Bertz CT molecular complexity index is 287. The highest BCUT2D eigenvalue weighted by Crippen LogP contribution is 2.32. The molecular weight excluding hydrogens is 226 g/mol. The molecule has 18 heavy (non-hydrogen) atoms. The van der Waals surface area contributed by atoms with Crippen LogP contribution < -0.4 is 10.6 Å². The van der Waals surface area contributed by atoms with Crippen LogP contribution in [0.3, 0.4) is 0 Å². The van der Waals surface area contributed by atoms with Gasteiger partial charge in [0.1, 0.15) is 0 Å². The molecule has 0 aromatic heterocycles. The molecule has 2 fully saturated rings. The van der Waals surface area contributed by atoms with Gasteiger partial charge in [-0.2, -0.15) is 0 Å². The number of carbonyl (C=O) groups is 1. The Kier molecular flexibility index (Phi) is 4.62. The maximum absolute atomic E-state index is 11.9. The first kappa shape index (κ1) is 13.8. The van der Waals surface area contributed by atoms with Crippen LogP contribution in [0.25, 0.3) is 0 Å². The number of amides is 1. The highest BCUT2D eigenvalue weighted by Gasteiger charge is 2.36. The summed E-state index contributed by atoms with van der Waals surface area (Å²) < 4.78 is 0. The Labute approximate surface area is 110 Å². The number of carbonyl (C=O) groups excluding carboxylic acids is 1. The van der Waals surface area contributed by atoms with Gasteiger partial charge in [-0.1, -0.05) is 6.42 Å². The zero-order chi connectivity index (χ0) is 13.1. The predicted octanol–water partition coefficient (Wildman–Crippen LogP) is 0.973. The summed E-state index contributed by atoms with van der Waals surface area (Å²) >= 11 is 0. The molecule has 0 aromatic carbocycles. The van der Waals surface area contributed by atoms with Gasteiger partial charge in [-0.15, -0.1) is 0 Å². The maximum atomic E-state index is 11.9. The lowest BCUT2D eigenvalue weighted by atomic mass is 9.92. The van der Waals surface area contributed by atoms with Crippen molar-refractivity contribution in [2.24, 2.45) is 5.92 Å². The van der Waals surface area contributed by atoms with Gasteiger partial charge in [-0.3, -0.25) is 4.79 Å². The number of hydrogen-bond donors (Lipinski definition) is 2. The SMILES string of the molecule is CC(NC1CCCC1C1CCCN1)C(=O)N(C)C. The van der Waals surface area contributed by atoms with Crippen molar-refractivity contribution in [2.75, 3.05) is 20.6 Å². The molecule has 0 radical (unpaired) electrons. The Hall–Kier alpha value is -0.610. The van der Waals surface area contributed by atoms with Gasteiger partial charge in [0.25, 0.3) is 0 Å². The fraction of sp³-hybridized carbons (Fsp3) is 0.929. The fourth-order valence-corrected chi connectivity index (χ4v) is 3.53. The molecule has 2 rings (SSSR count). The van der Waals surface area contributed by atoms with E-state index in [0.29, 0.717) is 18.0 Å². The van der Waals surface area contributed by atoms with Crippen LogP contribution in [0.5, 0.6) is 0 Å². The average Bonchev–Trinajstić information content (AvgIpc) is 2.96. The lowest BCUT2D eigenvalue weighted by Crippen LogP contribution is -2.50.